The summed E-state index contributed by atoms with van der Waals surface area (Å²) in [4.78, 5) is 11.0. The molecule has 16 nitrogen and oxygen atoms in total. The van der Waals surface area contributed by atoms with Crippen molar-refractivity contribution in [2.45, 2.75) is 68.7 Å². The molecule has 2 atom stereocenters. The first kappa shape index (κ1) is 50.2. The van der Waals surface area contributed by atoms with Crippen molar-refractivity contribution in [3.8, 4) is 0 Å². The molecule has 0 aromatic carbocycles. The minimum absolute atomic E-state index is 0. The minimum Gasteiger partial charge on any atom is -0.680 e. The van der Waals surface area contributed by atoms with Crippen LogP contribution < -0.4 is 0 Å². The molecule has 0 amide bonds. The van der Waals surface area contributed by atoms with Gasteiger partial charge in [-0.15, -0.1) is 13.5 Å². The van der Waals surface area contributed by atoms with Crippen molar-refractivity contribution in [3.05, 3.63) is 5.73 Å². The van der Waals surface area contributed by atoms with Crippen LogP contribution >= 0.6 is 38.1 Å². The van der Waals surface area contributed by atoms with E-state index in [1.807, 2.05) is 13.8 Å². The Balaban J connectivity index is -0.00000548. The summed E-state index contributed by atoms with van der Waals surface area (Å²) in [7, 11) is -14.7. The van der Waals surface area contributed by atoms with Crippen molar-refractivity contribution in [1.29, 1.82) is 0 Å². The molecular weight excluding hydrogens is 752 g/mol. The van der Waals surface area contributed by atoms with Crippen LogP contribution in [0.1, 0.15) is 68.7 Å². The Kier molecular flexibility index (Phi) is 31.5. The Morgan fingerprint density at radius 3 is 1.02 bits per heavy atom. The van der Waals surface area contributed by atoms with Crippen molar-refractivity contribution in [3.63, 3.8) is 0 Å². The molecule has 265 valence electrons. The van der Waals surface area contributed by atoms with Gasteiger partial charge in [0, 0.05) is 46.4 Å². The van der Waals surface area contributed by atoms with Crippen LogP contribution in [0.15, 0.2) is 22.8 Å². The summed E-state index contributed by atoms with van der Waals surface area (Å²) in [6.45, 7) is 19.6. The minimum atomic E-state index is -3.73. The summed E-state index contributed by atoms with van der Waals surface area (Å²) in [6, 6.07) is 0. The predicted octanol–water partition coefficient (Wildman–Crippen LogP) is 10.4. The molecule has 0 fully saturated rings. The second-order valence-electron chi connectivity index (χ2n) is 7.53. The van der Waals surface area contributed by atoms with Gasteiger partial charge in [-0.1, -0.05) is 6.92 Å². The van der Waals surface area contributed by atoms with Crippen molar-refractivity contribution in [2.75, 3.05) is 80.2 Å². The zero-order valence-corrected chi connectivity index (χ0v) is 36.1. The summed E-state index contributed by atoms with van der Waals surface area (Å²) in [5.74, 6) is 0. The second-order valence-corrected chi connectivity index (χ2v) is 18.7. The number of rotatable bonds is 23. The van der Waals surface area contributed by atoms with Gasteiger partial charge in [-0.05, 0) is 61.8 Å². The standard InChI is InChI=1S/C21H54N5O10P5.CH4N.Y/c1-12-21-36-38(22-10,29-14-3)24-40(32-17-6,33-18-7)26-41(34-19-8,35-20-9)25-39(30-15-4,31-16-5)23-37(11,27)28-13-2;1-2;/h27H,12-21H2,1-11H3;2H,1H3;/q;-1;. The molecule has 1 radical (unpaired) electrons. The van der Waals surface area contributed by atoms with Crippen LogP contribution in [0.4, 0.5) is 0 Å². The topological polar surface area (TPSA) is 189 Å². The molecule has 0 rings (SSSR count). The fourth-order valence-corrected chi connectivity index (χ4v) is 16.7. The van der Waals surface area contributed by atoms with Gasteiger partial charge in [-0.25, -0.2) is 4.74 Å². The van der Waals surface area contributed by atoms with Gasteiger partial charge in [-0.3, -0.25) is 0 Å². The Morgan fingerprint density at radius 2 is 0.750 bits per heavy atom. The van der Waals surface area contributed by atoms with E-state index in [4.69, 9.17) is 60.0 Å². The first-order valence-corrected chi connectivity index (χ1v) is 22.7. The van der Waals surface area contributed by atoms with Gasteiger partial charge in [-0.2, -0.15) is 11.6 Å². The van der Waals surface area contributed by atoms with E-state index < -0.39 is 38.1 Å². The first-order valence-electron chi connectivity index (χ1n) is 14.5. The molecule has 0 aliphatic carbocycles. The molecule has 0 aromatic heterocycles. The third-order valence-corrected chi connectivity index (χ3v) is 17.7. The Labute approximate surface area is 292 Å². The third-order valence-electron chi connectivity index (χ3n) is 4.13. The summed E-state index contributed by atoms with van der Waals surface area (Å²) in [5, 5.41) is 0. The van der Waals surface area contributed by atoms with Gasteiger partial charge in [0.2, 0.25) is 7.51 Å². The molecule has 0 saturated carbocycles. The van der Waals surface area contributed by atoms with Crippen LogP contribution in [0.5, 0.6) is 0 Å². The number of nitrogens with zero attached hydrogens (tertiary/aromatic N) is 5. The number of hydrogen-bond donors (Lipinski definition) is 1. The molecule has 0 aromatic rings. The summed E-state index contributed by atoms with van der Waals surface area (Å²) >= 11 is 0. The van der Waals surface area contributed by atoms with E-state index in [-0.39, 0.29) is 85.6 Å². The van der Waals surface area contributed by atoms with E-state index in [9.17, 15) is 4.89 Å². The van der Waals surface area contributed by atoms with Gasteiger partial charge >= 0.3 is 30.6 Å². The normalized spacial score (nSPS) is 14.7. The third kappa shape index (κ3) is 18.5. The predicted molar refractivity (Wildman–Crippen MR) is 180 cm³/mol. The molecule has 0 aliphatic rings. The second kappa shape index (κ2) is 27.6. The molecule has 2 N–H and O–H groups in total. The van der Waals surface area contributed by atoms with E-state index in [1.54, 1.807) is 55.5 Å². The van der Waals surface area contributed by atoms with Crippen molar-refractivity contribution >= 4 is 38.1 Å². The fourth-order valence-electron chi connectivity index (χ4n) is 3.02. The van der Waals surface area contributed by atoms with Gasteiger partial charge in [0.05, 0.1) is 59.5 Å². The van der Waals surface area contributed by atoms with Crippen molar-refractivity contribution in [2.24, 2.45) is 22.8 Å². The Hall–Kier alpha value is 1.81. The van der Waals surface area contributed by atoms with Gasteiger partial charge in [0.1, 0.15) is 0 Å². The largest absolute Gasteiger partial charge is 0.680 e. The quantitative estimate of drug-likeness (QED) is 0.0972. The Bertz CT molecular complexity index is 1000. The average Bonchev–Trinajstić information content (AvgIpc) is 2.93. The molecule has 0 saturated heterocycles. The van der Waals surface area contributed by atoms with E-state index in [1.165, 1.54) is 13.7 Å². The molecular formula is C22H58N6O10P5Y-. The number of hydrogen-bond acceptors (Lipinski definition) is 10. The van der Waals surface area contributed by atoms with Crippen LogP contribution in [0.2, 0.25) is 0 Å². The maximum atomic E-state index is 11.0. The first-order chi connectivity index (χ1) is 20.4. The monoisotopic (exact) mass is 810 g/mol. The molecule has 0 spiro atoms. The fraction of sp³-hybridized carbons (Fsp3) is 1.00. The summed E-state index contributed by atoms with van der Waals surface area (Å²) in [5.41, 5.74) is 5.75. The van der Waals surface area contributed by atoms with Crippen LogP contribution in [0.3, 0.4) is 0 Å². The van der Waals surface area contributed by atoms with Gasteiger partial charge < -0.3 is 51.3 Å². The zero-order valence-electron chi connectivity index (χ0n) is 28.7. The number of nitrogens with one attached hydrogen (secondary N) is 1. The van der Waals surface area contributed by atoms with E-state index in [2.05, 4.69) is 9.26 Å². The molecule has 2 unspecified atom stereocenters. The van der Waals surface area contributed by atoms with Crippen molar-refractivity contribution in [1.82, 2.24) is 0 Å². The maximum absolute atomic E-state index is 11.0. The zero-order chi connectivity index (χ0) is 33.5. The van der Waals surface area contributed by atoms with Gasteiger partial charge in [0.25, 0.3) is 0 Å². The Morgan fingerprint density at radius 1 is 0.477 bits per heavy atom. The average molecular weight is 811 g/mol. The maximum Gasteiger partial charge on any atom is 0.349 e. The van der Waals surface area contributed by atoms with E-state index >= 15 is 0 Å². The summed E-state index contributed by atoms with van der Waals surface area (Å²) in [6.07, 6.45) is 0.718. The molecule has 0 heterocycles. The van der Waals surface area contributed by atoms with Crippen LogP contribution in [-0.4, -0.2) is 85.1 Å². The van der Waals surface area contributed by atoms with E-state index in [0.717, 1.165) is 6.42 Å². The van der Waals surface area contributed by atoms with E-state index in [0.29, 0.717) is 6.61 Å². The van der Waals surface area contributed by atoms with Crippen LogP contribution in [0, 0.1) is 0 Å². The SMILES string of the molecule is CCCOP(=NC)(N=P(N=P(N=P(N=P(C)(O)OCC)(OCC)OCC)(OCC)OCC)(OCC)OCC)OCC.C[NH-].[Y]. The van der Waals surface area contributed by atoms with Gasteiger partial charge in [0.15, 0.2) is 0 Å². The molecule has 44 heavy (non-hydrogen) atoms. The van der Waals surface area contributed by atoms with Crippen molar-refractivity contribution < 1.29 is 78.3 Å². The smallest absolute Gasteiger partial charge is 0.349 e. The summed E-state index contributed by atoms with van der Waals surface area (Å²) < 4.78 is 78.1. The van der Waals surface area contributed by atoms with Crippen LogP contribution in [0.25, 0.3) is 5.73 Å². The molecule has 0 aliphatic heterocycles. The van der Waals surface area contributed by atoms with Crippen LogP contribution in [-0.2, 0) is 73.4 Å². The molecule has 22 heteroatoms. The molecule has 0 bridgehead atoms.